The molecule has 10 aromatic rings. The molecular formula is C46H28O. The number of hydrogen-bond donors (Lipinski definition) is 0. The van der Waals surface area contributed by atoms with Gasteiger partial charge in [-0.3, -0.25) is 0 Å². The third kappa shape index (κ3) is 4.03. The summed E-state index contributed by atoms with van der Waals surface area (Å²) < 4.78 is 178. The summed E-state index contributed by atoms with van der Waals surface area (Å²) in [6, 6.07) is 2.51. The molecule has 1 nitrogen and oxygen atoms in total. The first-order valence-electron chi connectivity index (χ1n) is 24.1. The molecule has 1 heteroatoms. The van der Waals surface area contributed by atoms with Gasteiger partial charge < -0.3 is 4.42 Å². The van der Waals surface area contributed by atoms with Gasteiger partial charge in [-0.25, -0.2) is 0 Å². The Hall–Kier alpha value is -6.18. The smallest absolute Gasteiger partial charge is 0.136 e. The van der Waals surface area contributed by atoms with E-state index in [0.717, 1.165) is 22.9 Å². The van der Waals surface area contributed by atoms with Crippen LogP contribution in [0.25, 0.3) is 98.4 Å². The fourth-order valence-corrected chi connectivity index (χ4v) is 6.27. The molecule has 0 unspecified atom stereocenters. The van der Waals surface area contributed by atoms with Gasteiger partial charge in [0.15, 0.2) is 0 Å². The molecule has 218 valence electrons. The summed E-state index contributed by atoms with van der Waals surface area (Å²) in [6.07, 6.45) is 0. The van der Waals surface area contributed by atoms with Crippen LogP contribution in [0.4, 0.5) is 0 Å². The highest BCUT2D eigenvalue weighted by molar-refractivity contribution is 6.24. The van der Waals surface area contributed by atoms with E-state index in [2.05, 4.69) is 0 Å². The van der Waals surface area contributed by atoms with Gasteiger partial charge in [-0.2, -0.15) is 0 Å². The third-order valence-corrected chi connectivity index (χ3v) is 8.39. The van der Waals surface area contributed by atoms with Gasteiger partial charge in [-0.15, -0.1) is 0 Å². The molecular weight excluding hydrogens is 569 g/mol. The van der Waals surface area contributed by atoms with Gasteiger partial charge in [0.25, 0.3) is 0 Å². The van der Waals surface area contributed by atoms with Crippen molar-refractivity contribution in [3.8, 4) is 33.4 Å². The molecule has 0 N–H and O–H groups in total. The Morgan fingerprint density at radius 1 is 0.383 bits per heavy atom. The van der Waals surface area contributed by atoms with E-state index in [9.17, 15) is 13.7 Å². The number of rotatable bonds is 3. The Morgan fingerprint density at radius 2 is 1.11 bits per heavy atom. The molecule has 0 fully saturated rings. The van der Waals surface area contributed by atoms with Crippen molar-refractivity contribution < 1.29 is 30.5 Å². The lowest BCUT2D eigenvalue weighted by atomic mass is 9.84. The quantitative estimate of drug-likeness (QED) is 0.180. The monoisotopic (exact) mass is 615 g/mol. The first-order valence-corrected chi connectivity index (χ1v) is 14.6. The lowest BCUT2D eigenvalue weighted by molar-refractivity contribution is 0.669. The number of furan rings is 1. The topological polar surface area (TPSA) is 13.1 Å². The van der Waals surface area contributed by atoms with E-state index in [4.69, 9.17) is 16.8 Å². The highest BCUT2D eigenvalue weighted by Gasteiger charge is 2.19. The van der Waals surface area contributed by atoms with E-state index >= 15 is 0 Å². The van der Waals surface area contributed by atoms with E-state index in [0.29, 0.717) is 5.56 Å². The Bertz CT molecular complexity index is 3920. The van der Waals surface area contributed by atoms with Crippen LogP contribution in [0.2, 0.25) is 0 Å². The molecule has 0 saturated carbocycles. The molecule has 1 heterocycles. The van der Waals surface area contributed by atoms with Crippen LogP contribution in [-0.2, 0) is 0 Å². The summed E-state index contributed by atoms with van der Waals surface area (Å²) >= 11 is 0. The fourth-order valence-electron chi connectivity index (χ4n) is 6.27. The van der Waals surface area contributed by atoms with Crippen molar-refractivity contribution in [1.29, 1.82) is 0 Å². The van der Waals surface area contributed by atoms with Gasteiger partial charge in [0, 0.05) is 10.8 Å². The highest BCUT2D eigenvalue weighted by atomic mass is 16.3. The fraction of sp³-hybridized carbons (Fsp3) is 0. The maximum Gasteiger partial charge on any atom is 0.136 e. The Balaban J connectivity index is 1.43. The normalized spacial score (nSPS) is 17.5. The average molecular weight is 616 g/mol. The molecule has 0 aliphatic carbocycles. The van der Waals surface area contributed by atoms with E-state index in [1.165, 1.54) is 0 Å². The predicted octanol–water partition coefficient (Wildman–Crippen LogP) is 13.2. The molecule has 0 atom stereocenters. The van der Waals surface area contributed by atoms with E-state index in [1.54, 1.807) is 18.2 Å². The zero-order valence-electron chi connectivity index (χ0n) is 43.1. The summed E-state index contributed by atoms with van der Waals surface area (Å²) in [7, 11) is 0. The minimum Gasteiger partial charge on any atom is -0.456 e. The largest absolute Gasteiger partial charge is 0.456 e. The molecule has 9 aromatic carbocycles. The van der Waals surface area contributed by atoms with Crippen molar-refractivity contribution in [2.45, 2.75) is 0 Å². The summed E-state index contributed by atoms with van der Waals surface area (Å²) in [5.41, 5.74) is -1.84. The Morgan fingerprint density at radius 3 is 2.00 bits per heavy atom. The van der Waals surface area contributed by atoms with Crippen LogP contribution in [0.3, 0.4) is 0 Å². The van der Waals surface area contributed by atoms with E-state index in [-0.39, 0.29) is 60.6 Å². The molecule has 0 aliphatic rings. The van der Waals surface area contributed by atoms with E-state index < -0.39 is 136 Å². The van der Waals surface area contributed by atoms with E-state index in [1.807, 2.05) is 24.3 Å². The minimum atomic E-state index is -0.820. The van der Waals surface area contributed by atoms with Crippen molar-refractivity contribution in [3.63, 3.8) is 0 Å². The van der Waals surface area contributed by atoms with Crippen molar-refractivity contribution in [2.75, 3.05) is 0 Å². The highest BCUT2D eigenvalue weighted by Crippen LogP contribution is 2.46. The molecule has 0 spiro atoms. The van der Waals surface area contributed by atoms with Gasteiger partial charge in [-0.1, -0.05) is 139 Å². The molecule has 0 amide bonds. The molecule has 0 aliphatic heterocycles. The van der Waals surface area contributed by atoms with Crippen molar-refractivity contribution in [1.82, 2.24) is 0 Å². The third-order valence-electron chi connectivity index (χ3n) is 8.39. The summed E-state index contributed by atoms with van der Waals surface area (Å²) in [5.74, 6) is 0. The zero-order valence-corrected chi connectivity index (χ0v) is 24.1. The molecule has 1 aromatic heterocycles. The molecule has 10 rings (SSSR count). The second-order valence-electron chi connectivity index (χ2n) is 11.0. The maximum absolute atomic E-state index is 9.83. The lowest BCUT2D eigenvalue weighted by Gasteiger charge is -2.18. The second-order valence-corrected chi connectivity index (χ2v) is 11.0. The molecule has 47 heavy (non-hydrogen) atoms. The van der Waals surface area contributed by atoms with Crippen LogP contribution >= 0.6 is 0 Å². The summed E-state index contributed by atoms with van der Waals surface area (Å²) in [5, 5.41) is -0.897. The maximum atomic E-state index is 9.83. The van der Waals surface area contributed by atoms with Gasteiger partial charge in [0.1, 0.15) is 11.2 Å². The lowest BCUT2D eigenvalue weighted by Crippen LogP contribution is -1.91. The van der Waals surface area contributed by atoms with Crippen molar-refractivity contribution in [2.24, 2.45) is 0 Å². The van der Waals surface area contributed by atoms with Crippen LogP contribution in [-0.4, -0.2) is 0 Å². The standard InChI is InChI=1S/C46H28O/c1-2-12-31-26-32(21-20-29(31)10-1)33-22-24-36-42-27-34(23-25-43(42)47-44(36)28-33)45-38-15-5-7-17-40(38)46(41-18-8-6-16-39(41)45)37-19-9-13-30-11-3-4-14-35(30)37/h1-28H/i3D,4D,5D,6D,7D,8D,9D,11D,13D,15D,16D,17D,19D,22D,23D,24D,25D,27D,28D. The average Bonchev–Trinajstić information content (AvgIpc) is 3.71. The van der Waals surface area contributed by atoms with Crippen LogP contribution in [0.15, 0.2) is 174 Å². The first kappa shape index (κ1) is 13.7. The van der Waals surface area contributed by atoms with Crippen LogP contribution < -0.4 is 0 Å². The Labute approximate surface area is 298 Å². The van der Waals surface area contributed by atoms with Crippen molar-refractivity contribution in [3.05, 3.63) is 169 Å². The summed E-state index contributed by atoms with van der Waals surface area (Å²) in [6.45, 7) is 0. The number of benzene rings is 9. The summed E-state index contributed by atoms with van der Waals surface area (Å²) in [4.78, 5) is 0. The SMILES string of the molecule is [2H]c1cc2c(-c3c4cc([2H])c([2H])c([2H])c4c(-c4c([2H])c([2H])c5oc6c([2H])c(-c7ccc8ccccc8c7)c([2H])c([2H])c6c5c4[2H])c4c([2H])c([2H])c([2H])c([2H])c34)c([2H])c([2H])c([2H])c2c([2H])c1[2H]. The van der Waals surface area contributed by atoms with Crippen LogP contribution in [0, 0.1) is 0 Å². The van der Waals surface area contributed by atoms with Gasteiger partial charge >= 0.3 is 0 Å². The number of hydrogen-bond acceptors (Lipinski definition) is 1. The van der Waals surface area contributed by atoms with Crippen molar-refractivity contribution >= 4 is 65.0 Å². The van der Waals surface area contributed by atoms with Gasteiger partial charge in [0.2, 0.25) is 0 Å². The Kier molecular flexibility index (Phi) is 2.96. The number of fused-ring (bicyclic) bond motifs is 7. The second kappa shape index (κ2) is 10.2. The molecule has 0 saturated heterocycles. The molecule has 0 bridgehead atoms. The van der Waals surface area contributed by atoms with Gasteiger partial charge in [-0.05, 0) is 107 Å². The minimum absolute atomic E-state index is 0.0304. The van der Waals surface area contributed by atoms with Crippen LogP contribution in [0.1, 0.15) is 26.0 Å². The van der Waals surface area contributed by atoms with Crippen LogP contribution in [0.5, 0.6) is 0 Å². The van der Waals surface area contributed by atoms with Gasteiger partial charge in [0.05, 0.1) is 26.0 Å². The predicted molar refractivity (Wildman–Crippen MR) is 200 cm³/mol. The first-order chi connectivity index (χ1) is 31.2. The zero-order chi connectivity index (χ0) is 47.4. The molecule has 0 radical (unpaired) electrons.